The third-order valence-corrected chi connectivity index (χ3v) is 3.75. The van der Waals surface area contributed by atoms with E-state index in [1.54, 1.807) is 4.90 Å². The van der Waals surface area contributed by atoms with Gasteiger partial charge in [-0.2, -0.15) is 0 Å². The molecule has 6 nitrogen and oxygen atoms in total. The van der Waals surface area contributed by atoms with E-state index >= 15 is 0 Å². The van der Waals surface area contributed by atoms with Crippen LogP contribution in [0.2, 0.25) is 0 Å². The van der Waals surface area contributed by atoms with Crippen LogP contribution >= 0.6 is 11.3 Å². The van der Waals surface area contributed by atoms with Crippen LogP contribution in [0.25, 0.3) is 0 Å². The van der Waals surface area contributed by atoms with Gasteiger partial charge in [-0.1, -0.05) is 13.8 Å². The van der Waals surface area contributed by atoms with Crippen LogP contribution in [0, 0.1) is 5.92 Å². The summed E-state index contributed by atoms with van der Waals surface area (Å²) in [6, 6.07) is 0. The number of carbonyl (C=O) groups is 2. The average molecular weight is 313 g/mol. The summed E-state index contributed by atoms with van der Waals surface area (Å²) in [5.74, 6) is -0.500. The molecule has 7 heteroatoms. The highest BCUT2D eigenvalue weighted by Gasteiger charge is 2.17. The van der Waals surface area contributed by atoms with Crippen molar-refractivity contribution >= 4 is 28.3 Å². The molecule has 0 unspecified atom stereocenters. The Labute approximate surface area is 129 Å². The third-order valence-electron chi connectivity index (χ3n) is 2.83. The number of carboxylic acid groups (broad SMARTS) is 1. The van der Waals surface area contributed by atoms with Crippen molar-refractivity contribution in [1.82, 2.24) is 9.88 Å². The second-order valence-electron chi connectivity index (χ2n) is 5.34. The van der Waals surface area contributed by atoms with Gasteiger partial charge in [0.25, 0.3) is 0 Å². The van der Waals surface area contributed by atoms with Crippen LogP contribution < -0.4 is 4.90 Å². The van der Waals surface area contributed by atoms with Gasteiger partial charge in [0.1, 0.15) is 0 Å². The van der Waals surface area contributed by atoms with E-state index in [1.807, 2.05) is 17.2 Å². The zero-order valence-electron chi connectivity index (χ0n) is 13.0. The van der Waals surface area contributed by atoms with Gasteiger partial charge >= 0.3 is 5.97 Å². The van der Waals surface area contributed by atoms with Crippen molar-refractivity contribution in [2.75, 3.05) is 24.5 Å². The lowest BCUT2D eigenvalue weighted by Crippen LogP contribution is -2.32. The lowest BCUT2D eigenvalue weighted by atomic mass is 10.2. The van der Waals surface area contributed by atoms with Crippen molar-refractivity contribution in [1.29, 1.82) is 0 Å². The minimum absolute atomic E-state index is 0.00472. The van der Waals surface area contributed by atoms with Gasteiger partial charge in [-0.25, -0.2) is 4.98 Å². The maximum atomic E-state index is 11.5. The first-order valence-electron chi connectivity index (χ1n) is 7.00. The highest BCUT2D eigenvalue weighted by molar-refractivity contribution is 7.14. The third kappa shape index (κ3) is 5.81. The summed E-state index contributed by atoms with van der Waals surface area (Å²) >= 11 is 1.41. The van der Waals surface area contributed by atoms with Crippen molar-refractivity contribution < 1.29 is 14.7 Å². The first kappa shape index (κ1) is 17.6. The molecular weight excluding hydrogens is 290 g/mol. The highest BCUT2D eigenvalue weighted by Crippen LogP contribution is 2.21. The average Bonchev–Trinajstić information content (AvgIpc) is 2.75. The molecule has 0 aromatic carbocycles. The minimum atomic E-state index is -0.843. The maximum absolute atomic E-state index is 11.5. The Morgan fingerprint density at radius 1 is 1.43 bits per heavy atom. The Hall–Kier alpha value is -1.47. The number of aromatic nitrogens is 1. The number of thiazole rings is 1. The fraction of sp³-hybridized carbons (Fsp3) is 0.643. The Kier molecular flexibility index (Phi) is 6.77. The predicted molar refractivity (Wildman–Crippen MR) is 83.6 cm³/mol. The first-order valence-corrected chi connectivity index (χ1v) is 7.88. The van der Waals surface area contributed by atoms with E-state index in [4.69, 9.17) is 5.11 Å². The van der Waals surface area contributed by atoms with Crippen molar-refractivity contribution in [3.8, 4) is 0 Å². The van der Waals surface area contributed by atoms with E-state index in [1.165, 1.54) is 18.3 Å². The fourth-order valence-corrected chi connectivity index (χ4v) is 3.03. The van der Waals surface area contributed by atoms with Gasteiger partial charge in [-0.15, -0.1) is 11.3 Å². The summed E-state index contributed by atoms with van der Waals surface area (Å²) in [5, 5.41) is 11.5. The number of hydrogen-bond acceptors (Lipinski definition) is 5. The van der Waals surface area contributed by atoms with Gasteiger partial charge in [0.05, 0.1) is 12.2 Å². The van der Waals surface area contributed by atoms with Crippen molar-refractivity contribution in [2.45, 2.75) is 34.2 Å². The van der Waals surface area contributed by atoms with Crippen LogP contribution in [0.4, 0.5) is 5.13 Å². The largest absolute Gasteiger partial charge is 0.480 e. The number of carboxylic acids is 1. The normalized spacial score (nSPS) is 11.1. The summed E-state index contributed by atoms with van der Waals surface area (Å²) in [6.07, 6.45) is 0. The van der Waals surface area contributed by atoms with E-state index in [0.29, 0.717) is 30.7 Å². The van der Waals surface area contributed by atoms with E-state index in [9.17, 15) is 9.59 Å². The maximum Gasteiger partial charge on any atom is 0.317 e. The summed E-state index contributed by atoms with van der Waals surface area (Å²) < 4.78 is 0. The van der Waals surface area contributed by atoms with Crippen LogP contribution in [0.15, 0.2) is 5.38 Å². The Morgan fingerprint density at radius 2 is 2.10 bits per heavy atom. The molecule has 0 saturated heterocycles. The van der Waals surface area contributed by atoms with Gasteiger partial charge < -0.3 is 5.11 Å². The van der Waals surface area contributed by atoms with Crippen LogP contribution in [-0.2, 0) is 16.1 Å². The van der Waals surface area contributed by atoms with Gasteiger partial charge in [0.15, 0.2) is 5.13 Å². The predicted octanol–water partition coefficient (Wildman–Crippen LogP) is 2.06. The minimum Gasteiger partial charge on any atom is -0.480 e. The molecule has 1 heterocycles. The molecule has 1 aromatic heterocycles. The van der Waals surface area contributed by atoms with E-state index in [-0.39, 0.29) is 12.5 Å². The zero-order valence-corrected chi connectivity index (χ0v) is 13.8. The van der Waals surface area contributed by atoms with Crippen LogP contribution in [0.1, 0.15) is 33.4 Å². The molecule has 118 valence electrons. The van der Waals surface area contributed by atoms with E-state index < -0.39 is 5.97 Å². The number of anilines is 1. The number of amides is 1. The molecule has 0 aliphatic rings. The summed E-state index contributed by atoms with van der Waals surface area (Å²) in [5.41, 5.74) is 0.802. The summed E-state index contributed by atoms with van der Waals surface area (Å²) in [4.78, 5) is 30.3. The van der Waals surface area contributed by atoms with E-state index in [0.717, 1.165) is 5.69 Å². The zero-order chi connectivity index (χ0) is 16.0. The lowest BCUT2D eigenvalue weighted by molar-refractivity contribution is -0.138. The Morgan fingerprint density at radius 3 is 2.57 bits per heavy atom. The van der Waals surface area contributed by atoms with Crippen LogP contribution in [0.3, 0.4) is 0 Å². The molecule has 0 aliphatic heterocycles. The molecule has 0 radical (unpaired) electrons. The quantitative estimate of drug-likeness (QED) is 0.795. The number of hydrogen-bond donors (Lipinski definition) is 1. The molecule has 1 rings (SSSR count). The molecule has 1 aromatic rings. The summed E-state index contributed by atoms with van der Waals surface area (Å²) in [6.45, 7) is 9.27. The fourth-order valence-electron chi connectivity index (χ4n) is 2.11. The van der Waals surface area contributed by atoms with Crippen molar-refractivity contribution in [3.05, 3.63) is 11.1 Å². The number of aliphatic carboxylic acids is 1. The molecule has 0 saturated carbocycles. The van der Waals surface area contributed by atoms with Crippen LogP contribution in [0.5, 0.6) is 0 Å². The topological polar surface area (TPSA) is 73.7 Å². The van der Waals surface area contributed by atoms with Gasteiger partial charge in [0, 0.05) is 31.9 Å². The first-order chi connectivity index (χ1) is 9.83. The molecule has 1 N–H and O–H groups in total. The Bertz CT molecular complexity index is 488. The second-order valence-corrected chi connectivity index (χ2v) is 6.18. The van der Waals surface area contributed by atoms with Crippen molar-refractivity contribution in [3.63, 3.8) is 0 Å². The molecule has 0 atom stereocenters. The molecule has 0 spiro atoms. The number of carbonyl (C=O) groups excluding carboxylic acids is 1. The molecule has 1 amide bonds. The lowest BCUT2D eigenvalue weighted by Gasteiger charge is -2.21. The van der Waals surface area contributed by atoms with Gasteiger partial charge in [-0.3, -0.25) is 19.4 Å². The second kappa shape index (κ2) is 8.09. The van der Waals surface area contributed by atoms with Crippen molar-refractivity contribution in [2.24, 2.45) is 5.92 Å². The number of rotatable bonds is 8. The SMILES string of the molecule is CCN(C(C)=O)c1nc(CN(CC(=O)O)CC(C)C)cs1. The highest BCUT2D eigenvalue weighted by atomic mass is 32.1. The monoisotopic (exact) mass is 313 g/mol. The standard InChI is InChI=1S/C14H23N3O3S/c1-5-17(11(4)18)14-15-12(9-21-14)7-16(6-10(2)3)8-13(19)20/h9-10H,5-8H2,1-4H3,(H,19,20). The smallest absolute Gasteiger partial charge is 0.317 e. The molecular formula is C14H23N3O3S. The van der Waals surface area contributed by atoms with Gasteiger partial charge in [-0.05, 0) is 12.8 Å². The Balaban J connectivity index is 2.78. The molecule has 21 heavy (non-hydrogen) atoms. The molecule has 0 fully saturated rings. The van der Waals surface area contributed by atoms with E-state index in [2.05, 4.69) is 18.8 Å². The molecule has 0 aliphatic carbocycles. The molecule has 0 bridgehead atoms. The van der Waals surface area contributed by atoms with Gasteiger partial charge in [0.2, 0.25) is 5.91 Å². The number of nitrogens with zero attached hydrogens (tertiary/aromatic N) is 3. The van der Waals surface area contributed by atoms with Crippen LogP contribution in [-0.4, -0.2) is 46.5 Å². The summed E-state index contributed by atoms with van der Waals surface area (Å²) in [7, 11) is 0.